The number of carbonyl (C=O) groups is 2. The van der Waals surface area contributed by atoms with Crippen LogP contribution in [0, 0.1) is 0 Å². The van der Waals surface area contributed by atoms with Gasteiger partial charge in [0, 0.05) is 32.9 Å². The zero-order valence-corrected chi connectivity index (χ0v) is 19.6. The van der Waals surface area contributed by atoms with Crippen molar-refractivity contribution in [1.82, 2.24) is 0 Å². The van der Waals surface area contributed by atoms with E-state index in [-0.39, 0.29) is 11.8 Å². The van der Waals surface area contributed by atoms with Crippen molar-refractivity contribution in [3.63, 3.8) is 0 Å². The number of anilines is 2. The molecule has 0 atom stereocenters. The second-order valence-corrected chi connectivity index (χ2v) is 8.50. The molecule has 4 aromatic carbocycles. The van der Waals surface area contributed by atoms with E-state index in [1.807, 2.05) is 12.1 Å². The molecule has 0 saturated carbocycles. The third-order valence-electron chi connectivity index (χ3n) is 5.56. The van der Waals surface area contributed by atoms with Crippen LogP contribution in [0.4, 0.5) is 11.4 Å². The second kappa shape index (κ2) is 9.90. The summed E-state index contributed by atoms with van der Waals surface area (Å²) in [6, 6.07) is 29.2. The summed E-state index contributed by atoms with van der Waals surface area (Å²) in [5, 5.41) is 6.90. The number of benzene rings is 4. The van der Waals surface area contributed by atoms with Crippen LogP contribution in [0.25, 0.3) is 22.1 Å². The van der Waals surface area contributed by atoms with Gasteiger partial charge in [-0.1, -0.05) is 48.0 Å². The predicted octanol–water partition coefficient (Wildman–Crippen LogP) is 6.62. The molecule has 1 heterocycles. The summed E-state index contributed by atoms with van der Waals surface area (Å²) < 4.78 is 5.42. The topological polar surface area (TPSA) is 88.4 Å². The third kappa shape index (κ3) is 5.04. The number of halogens is 1. The maximum absolute atomic E-state index is 12.9. The van der Waals surface area contributed by atoms with Gasteiger partial charge >= 0.3 is 5.63 Å². The lowest BCUT2D eigenvalue weighted by molar-refractivity contribution is 0.101. The molecule has 0 aliphatic rings. The highest BCUT2D eigenvalue weighted by Crippen LogP contribution is 2.23. The number of nitrogens with one attached hydrogen (secondary N) is 2. The summed E-state index contributed by atoms with van der Waals surface area (Å²) >= 11 is 5.95. The summed E-state index contributed by atoms with van der Waals surface area (Å²) in [5.41, 5.74) is 2.95. The highest BCUT2D eigenvalue weighted by molar-refractivity contribution is 6.31. The van der Waals surface area contributed by atoms with Gasteiger partial charge in [-0.15, -0.1) is 0 Å². The van der Waals surface area contributed by atoms with Crippen molar-refractivity contribution < 1.29 is 14.0 Å². The molecular formula is C29H19ClN2O4. The van der Waals surface area contributed by atoms with Gasteiger partial charge in [0.1, 0.15) is 5.58 Å². The molecule has 0 radical (unpaired) electrons. The Bertz CT molecular complexity index is 1660. The van der Waals surface area contributed by atoms with E-state index >= 15 is 0 Å². The lowest BCUT2D eigenvalue weighted by Crippen LogP contribution is -2.13. The molecule has 0 aliphatic carbocycles. The van der Waals surface area contributed by atoms with E-state index in [2.05, 4.69) is 10.6 Å². The van der Waals surface area contributed by atoms with E-state index in [0.29, 0.717) is 44.2 Å². The molecule has 176 valence electrons. The van der Waals surface area contributed by atoms with E-state index in [4.69, 9.17) is 16.0 Å². The van der Waals surface area contributed by atoms with Gasteiger partial charge in [0.15, 0.2) is 0 Å². The molecule has 6 nitrogen and oxygen atoms in total. The molecule has 0 bridgehead atoms. The minimum absolute atomic E-state index is 0.288. The molecule has 0 fully saturated rings. The highest BCUT2D eigenvalue weighted by Gasteiger charge is 2.12. The van der Waals surface area contributed by atoms with Crippen LogP contribution in [-0.2, 0) is 0 Å². The van der Waals surface area contributed by atoms with Gasteiger partial charge < -0.3 is 15.1 Å². The maximum atomic E-state index is 12.9. The summed E-state index contributed by atoms with van der Waals surface area (Å²) in [6.45, 7) is 0. The van der Waals surface area contributed by atoms with Crippen molar-refractivity contribution in [3.8, 4) is 11.1 Å². The van der Waals surface area contributed by atoms with Crippen molar-refractivity contribution in [2.75, 3.05) is 10.6 Å². The minimum Gasteiger partial charge on any atom is -0.422 e. The van der Waals surface area contributed by atoms with Gasteiger partial charge in [0.25, 0.3) is 11.8 Å². The van der Waals surface area contributed by atoms with Crippen LogP contribution < -0.4 is 16.3 Å². The number of para-hydroxylation sites is 1. The summed E-state index contributed by atoms with van der Waals surface area (Å²) in [7, 11) is 0. The van der Waals surface area contributed by atoms with Gasteiger partial charge in [-0.25, -0.2) is 4.79 Å². The summed E-state index contributed by atoms with van der Waals surface area (Å²) in [4.78, 5) is 37.8. The van der Waals surface area contributed by atoms with Crippen LogP contribution in [0.5, 0.6) is 0 Å². The molecule has 7 heteroatoms. The third-order valence-corrected chi connectivity index (χ3v) is 5.80. The summed E-state index contributed by atoms with van der Waals surface area (Å²) in [5.74, 6) is -0.623. The molecule has 36 heavy (non-hydrogen) atoms. The van der Waals surface area contributed by atoms with Gasteiger partial charge in [0.2, 0.25) is 0 Å². The fraction of sp³-hybridized carbons (Fsp3) is 0. The van der Waals surface area contributed by atoms with E-state index in [1.54, 1.807) is 91.0 Å². The first-order valence-corrected chi connectivity index (χ1v) is 11.5. The first-order chi connectivity index (χ1) is 17.5. The average Bonchev–Trinajstić information content (AvgIpc) is 2.89. The molecule has 1 aromatic heterocycles. The van der Waals surface area contributed by atoms with Crippen LogP contribution in [0.1, 0.15) is 20.7 Å². The Morgan fingerprint density at radius 2 is 1.28 bits per heavy atom. The molecule has 2 amide bonds. The Morgan fingerprint density at radius 3 is 1.94 bits per heavy atom. The predicted molar refractivity (Wildman–Crippen MR) is 142 cm³/mol. The van der Waals surface area contributed by atoms with Crippen molar-refractivity contribution in [2.45, 2.75) is 0 Å². The molecule has 5 rings (SSSR count). The molecule has 0 unspecified atom stereocenters. The largest absolute Gasteiger partial charge is 0.422 e. The number of hydrogen-bond donors (Lipinski definition) is 2. The number of rotatable bonds is 5. The van der Waals surface area contributed by atoms with Gasteiger partial charge in [-0.3, -0.25) is 9.59 Å². The Morgan fingerprint density at radius 1 is 0.667 bits per heavy atom. The number of fused-ring (bicyclic) bond motifs is 1. The Balaban J connectivity index is 1.30. The highest BCUT2D eigenvalue weighted by atomic mass is 35.5. The standard InChI is InChI=1S/C29H19ClN2O4/c30-22-9-4-8-21(16-22)28(34)32-24-13-11-23(12-14-24)31-27(33)20-7-3-6-18(15-20)25-17-19-5-1-2-10-26(19)36-29(25)35/h1-17H,(H,31,33)(H,32,34). The minimum atomic E-state index is -0.471. The summed E-state index contributed by atoms with van der Waals surface area (Å²) in [6.07, 6.45) is 0. The molecule has 0 spiro atoms. The van der Waals surface area contributed by atoms with Crippen LogP contribution >= 0.6 is 11.6 Å². The second-order valence-electron chi connectivity index (χ2n) is 8.06. The zero-order valence-electron chi connectivity index (χ0n) is 18.8. The van der Waals surface area contributed by atoms with E-state index in [1.165, 1.54) is 0 Å². The van der Waals surface area contributed by atoms with Crippen LogP contribution in [0.3, 0.4) is 0 Å². The van der Waals surface area contributed by atoms with Crippen LogP contribution in [0.15, 0.2) is 112 Å². The zero-order chi connectivity index (χ0) is 25.1. The fourth-order valence-electron chi connectivity index (χ4n) is 3.76. The molecule has 2 N–H and O–H groups in total. The fourth-order valence-corrected chi connectivity index (χ4v) is 3.95. The lowest BCUT2D eigenvalue weighted by atomic mass is 10.0. The van der Waals surface area contributed by atoms with E-state index in [0.717, 1.165) is 5.39 Å². The van der Waals surface area contributed by atoms with E-state index < -0.39 is 5.63 Å². The normalized spacial score (nSPS) is 10.7. The number of amides is 2. The Labute approximate surface area is 211 Å². The Hall–Kier alpha value is -4.68. The van der Waals surface area contributed by atoms with Crippen LogP contribution in [0.2, 0.25) is 5.02 Å². The average molecular weight is 495 g/mol. The molecule has 5 aromatic rings. The van der Waals surface area contributed by atoms with Gasteiger partial charge in [0.05, 0.1) is 5.56 Å². The monoisotopic (exact) mass is 494 g/mol. The first kappa shape index (κ1) is 23.1. The van der Waals surface area contributed by atoms with Gasteiger partial charge in [-0.05, 0) is 72.3 Å². The molecular weight excluding hydrogens is 476 g/mol. The van der Waals surface area contributed by atoms with Crippen molar-refractivity contribution >= 4 is 45.8 Å². The molecule has 0 saturated heterocycles. The van der Waals surface area contributed by atoms with Crippen molar-refractivity contribution in [3.05, 3.63) is 130 Å². The van der Waals surface area contributed by atoms with Crippen molar-refractivity contribution in [1.29, 1.82) is 0 Å². The smallest absolute Gasteiger partial charge is 0.344 e. The van der Waals surface area contributed by atoms with Crippen LogP contribution in [-0.4, -0.2) is 11.8 Å². The van der Waals surface area contributed by atoms with Gasteiger partial charge in [-0.2, -0.15) is 0 Å². The number of carbonyl (C=O) groups excluding carboxylic acids is 2. The SMILES string of the molecule is O=C(Nc1ccc(NC(=O)c2cccc(-c3cc4ccccc4oc3=O)c2)cc1)c1cccc(Cl)c1. The first-order valence-electron chi connectivity index (χ1n) is 11.1. The van der Waals surface area contributed by atoms with Crippen molar-refractivity contribution in [2.24, 2.45) is 0 Å². The Kier molecular flexibility index (Phi) is 6.34. The molecule has 0 aliphatic heterocycles. The quantitative estimate of drug-likeness (QED) is 0.269. The number of hydrogen-bond acceptors (Lipinski definition) is 4. The van der Waals surface area contributed by atoms with E-state index in [9.17, 15) is 14.4 Å². The maximum Gasteiger partial charge on any atom is 0.344 e. The lowest BCUT2D eigenvalue weighted by Gasteiger charge is -2.09.